The van der Waals surface area contributed by atoms with Gasteiger partial charge in [-0.3, -0.25) is 14.4 Å². The molecule has 0 saturated carbocycles. The van der Waals surface area contributed by atoms with Gasteiger partial charge in [-0.25, -0.2) is 4.79 Å². The average molecular weight is 631 g/mol. The van der Waals surface area contributed by atoms with Gasteiger partial charge in [0.2, 0.25) is 0 Å². The van der Waals surface area contributed by atoms with E-state index in [-0.39, 0.29) is 12.0 Å². The predicted molar refractivity (Wildman–Crippen MR) is 176 cm³/mol. The summed E-state index contributed by atoms with van der Waals surface area (Å²) in [5.74, 6) is 0.790. The third kappa shape index (κ3) is 7.29. The molecule has 5 rings (SSSR count). The van der Waals surface area contributed by atoms with E-state index in [0.29, 0.717) is 48.0 Å². The first-order chi connectivity index (χ1) is 22.0. The molecule has 10 nitrogen and oxygen atoms in total. The van der Waals surface area contributed by atoms with E-state index in [4.69, 9.17) is 24.0 Å². The molecule has 10 heteroatoms. The standard InChI is InChI=1S/C36H46N4O6/c1-24(2)46-35(42)31-25(3)39(34(41)28-10-14-30(15-11-28)45-21-18-38-16-19-44-20-17-38)23-36(5,6)32-26(4)40(37-33(31)32)22-27-8-12-29(43-7)13-9-27/h8-15,24H,16-23H2,1-7H3. The second-order valence-corrected chi connectivity index (χ2v) is 12.8. The van der Waals surface area contributed by atoms with Gasteiger partial charge in [0.15, 0.2) is 0 Å². The van der Waals surface area contributed by atoms with E-state index < -0.39 is 11.4 Å². The lowest BCUT2D eigenvalue weighted by atomic mass is 9.82. The number of rotatable bonds is 10. The molecular weight excluding hydrogens is 584 g/mol. The lowest BCUT2D eigenvalue weighted by molar-refractivity contribution is -0.140. The topological polar surface area (TPSA) is 95.4 Å². The van der Waals surface area contributed by atoms with Crippen molar-refractivity contribution in [1.82, 2.24) is 19.6 Å². The number of fused-ring (bicyclic) bond motifs is 1. The van der Waals surface area contributed by atoms with Crippen molar-refractivity contribution in [2.24, 2.45) is 0 Å². The van der Waals surface area contributed by atoms with Crippen LogP contribution in [0.4, 0.5) is 0 Å². The Balaban J connectivity index is 1.44. The van der Waals surface area contributed by atoms with Crippen molar-refractivity contribution < 1.29 is 28.5 Å². The summed E-state index contributed by atoms with van der Waals surface area (Å²) in [7, 11) is 1.64. The smallest absolute Gasteiger partial charge is 0.342 e. The van der Waals surface area contributed by atoms with Gasteiger partial charge in [0.05, 0.1) is 33.0 Å². The van der Waals surface area contributed by atoms with Gasteiger partial charge in [-0.1, -0.05) is 26.0 Å². The Bertz CT molecular complexity index is 1570. The first kappa shape index (κ1) is 33.2. The number of benzene rings is 2. The lowest BCUT2D eigenvalue weighted by Gasteiger charge is -2.32. The molecule has 0 N–H and O–H groups in total. The summed E-state index contributed by atoms with van der Waals surface area (Å²) in [5.41, 5.74) is 4.27. The van der Waals surface area contributed by atoms with E-state index in [1.54, 1.807) is 31.1 Å². The van der Waals surface area contributed by atoms with Crippen LogP contribution < -0.4 is 9.47 Å². The van der Waals surface area contributed by atoms with Gasteiger partial charge in [-0.05, 0) is 69.7 Å². The molecule has 1 amide bonds. The summed E-state index contributed by atoms with van der Waals surface area (Å²) in [6.07, 6.45) is -0.338. The normalized spacial score (nSPS) is 16.7. The summed E-state index contributed by atoms with van der Waals surface area (Å²) >= 11 is 0. The molecule has 1 saturated heterocycles. The highest BCUT2D eigenvalue weighted by Crippen LogP contribution is 2.40. The number of morpholine rings is 1. The summed E-state index contributed by atoms with van der Waals surface area (Å²) in [6, 6.07) is 15.1. The molecule has 0 atom stereocenters. The van der Waals surface area contributed by atoms with Crippen LogP contribution in [0.15, 0.2) is 54.2 Å². The molecule has 0 radical (unpaired) electrons. The first-order valence-corrected chi connectivity index (χ1v) is 16.0. The third-order valence-corrected chi connectivity index (χ3v) is 8.60. The Labute approximate surface area is 271 Å². The SMILES string of the molecule is COc1ccc(Cn2nc3c(c2C)C(C)(C)CN(C(=O)c2ccc(OCCN4CCOCC4)cc2)C(C)=C3C(=O)OC(C)C)cc1. The van der Waals surface area contributed by atoms with E-state index in [9.17, 15) is 9.59 Å². The number of hydrogen-bond acceptors (Lipinski definition) is 8. The van der Waals surface area contributed by atoms with Crippen molar-refractivity contribution >= 4 is 17.4 Å². The fraction of sp³-hybridized carbons (Fsp3) is 0.472. The number of ether oxygens (including phenoxy) is 4. The minimum Gasteiger partial charge on any atom is -0.497 e. The number of carbonyl (C=O) groups excluding carboxylic acids is 2. The number of methoxy groups -OCH3 is 1. The summed E-state index contributed by atoms with van der Waals surface area (Å²) in [6.45, 7) is 17.2. The molecule has 3 heterocycles. The molecule has 0 spiro atoms. The van der Waals surface area contributed by atoms with E-state index >= 15 is 0 Å². The molecule has 0 bridgehead atoms. The molecule has 3 aromatic rings. The van der Waals surface area contributed by atoms with Crippen LogP contribution in [-0.4, -0.2) is 90.7 Å². The maximum absolute atomic E-state index is 14.1. The quantitative estimate of drug-likeness (QED) is 0.287. The fourth-order valence-electron chi connectivity index (χ4n) is 6.20. The molecule has 0 aliphatic carbocycles. The lowest BCUT2D eigenvalue weighted by Crippen LogP contribution is -2.39. The van der Waals surface area contributed by atoms with Gasteiger partial charge >= 0.3 is 5.97 Å². The molecule has 2 aliphatic rings. The predicted octanol–water partition coefficient (Wildman–Crippen LogP) is 5.08. The van der Waals surface area contributed by atoms with Gasteiger partial charge in [0.25, 0.3) is 5.91 Å². The Hall–Kier alpha value is -4.15. The number of nitrogens with zero attached hydrogens (tertiary/aromatic N) is 4. The van der Waals surface area contributed by atoms with Gasteiger partial charge < -0.3 is 23.8 Å². The van der Waals surface area contributed by atoms with Crippen LogP contribution >= 0.6 is 0 Å². The minimum atomic E-state index is -0.531. The van der Waals surface area contributed by atoms with Crippen LogP contribution in [0.1, 0.15) is 67.5 Å². The van der Waals surface area contributed by atoms with Crippen molar-refractivity contribution in [2.45, 2.75) is 59.6 Å². The van der Waals surface area contributed by atoms with E-state index in [0.717, 1.165) is 55.4 Å². The van der Waals surface area contributed by atoms with Crippen molar-refractivity contribution in [3.05, 3.63) is 82.3 Å². The molecule has 0 unspecified atom stereocenters. The van der Waals surface area contributed by atoms with Crippen molar-refractivity contribution in [3.63, 3.8) is 0 Å². The minimum absolute atomic E-state index is 0.200. The third-order valence-electron chi connectivity index (χ3n) is 8.60. The highest BCUT2D eigenvalue weighted by molar-refractivity contribution is 6.18. The fourth-order valence-corrected chi connectivity index (χ4v) is 6.20. The van der Waals surface area contributed by atoms with E-state index in [1.165, 1.54) is 0 Å². The highest BCUT2D eigenvalue weighted by Gasteiger charge is 2.41. The molecule has 46 heavy (non-hydrogen) atoms. The first-order valence-electron chi connectivity index (χ1n) is 16.0. The molecule has 246 valence electrons. The second-order valence-electron chi connectivity index (χ2n) is 12.8. The van der Waals surface area contributed by atoms with Gasteiger partial charge in [0.1, 0.15) is 29.4 Å². The second kappa shape index (κ2) is 14.1. The van der Waals surface area contributed by atoms with Gasteiger partial charge in [-0.2, -0.15) is 5.10 Å². The van der Waals surface area contributed by atoms with Crippen LogP contribution in [0.2, 0.25) is 0 Å². The number of allylic oxidation sites excluding steroid dienone is 1. The molecule has 1 fully saturated rings. The van der Waals surface area contributed by atoms with Crippen LogP contribution in [0.3, 0.4) is 0 Å². The van der Waals surface area contributed by atoms with Crippen LogP contribution in [0.25, 0.3) is 5.57 Å². The number of carbonyl (C=O) groups is 2. The summed E-state index contributed by atoms with van der Waals surface area (Å²) in [4.78, 5) is 31.9. The van der Waals surface area contributed by atoms with Crippen LogP contribution in [0.5, 0.6) is 11.5 Å². The van der Waals surface area contributed by atoms with Gasteiger partial charge in [0, 0.05) is 54.1 Å². The zero-order valence-corrected chi connectivity index (χ0v) is 28.1. The number of amides is 1. The largest absolute Gasteiger partial charge is 0.497 e. The van der Waals surface area contributed by atoms with Crippen LogP contribution in [-0.2, 0) is 26.2 Å². The maximum atomic E-state index is 14.1. The molecule has 2 aromatic carbocycles. The molecular formula is C36H46N4O6. The Morgan fingerprint density at radius 3 is 2.26 bits per heavy atom. The van der Waals surface area contributed by atoms with E-state index in [1.807, 2.05) is 61.9 Å². The maximum Gasteiger partial charge on any atom is 0.342 e. The summed E-state index contributed by atoms with van der Waals surface area (Å²) in [5, 5.41) is 5.01. The highest BCUT2D eigenvalue weighted by atomic mass is 16.5. The summed E-state index contributed by atoms with van der Waals surface area (Å²) < 4.78 is 24.4. The zero-order chi connectivity index (χ0) is 33.0. The van der Waals surface area contributed by atoms with Crippen molar-refractivity contribution in [2.75, 3.05) is 53.1 Å². The van der Waals surface area contributed by atoms with E-state index in [2.05, 4.69) is 18.7 Å². The molecule has 1 aromatic heterocycles. The Morgan fingerprint density at radius 2 is 1.63 bits per heavy atom. The van der Waals surface area contributed by atoms with Crippen molar-refractivity contribution in [1.29, 1.82) is 0 Å². The monoisotopic (exact) mass is 630 g/mol. The average Bonchev–Trinajstić information content (AvgIpc) is 3.31. The number of aromatic nitrogens is 2. The zero-order valence-electron chi connectivity index (χ0n) is 28.1. The number of hydrogen-bond donors (Lipinski definition) is 0. The van der Waals surface area contributed by atoms with Crippen LogP contribution in [0, 0.1) is 6.92 Å². The molecule has 2 aliphatic heterocycles. The Kier molecular flexibility index (Phi) is 10.2. The Morgan fingerprint density at radius 1 is 0.978 bits per heavy atom. The number of esters is 1. The van der Waals surface area contributed by atoms with Gasteiger partial charge in [-0.15, -0.1) is 0 Å². The van der Waals surface area contributed by atoms with Crippen molar-refractivity contribution in [3.8, 4) is 11.5 Å².